The molecule has 3 fully saturated rings. The van der Waals surface area contributed by atoms with E-state index in [4.69, 9.17) is 10.5 Å². The number of hydrogen-bond acceptors (Lipinski definition) is 8. The molecule has 4 amide bonds. The van der Waals surface area contributed by atoms with Gasteiger partial charge < -0.3 is 36.2 Å². The van der Waals surface area contributed by atoms with Gasteiger partial charge >= 0.3 is 0 Å². The second kappa shape index (κ2) is 17.2. The molecule has 0 radical (unpaired) electrons. The fraction of sp³-hybridized carbons (Fsp3) is 0.639. The number of rotatable bonds is 16. The third kappa shape index (κ3) is 9.87. The molecule has 270 valence electrons. The molecule has 1 heterocycles. The average Bonchev–Trinajstić information content (AvgIpc) is 4.01. The highest BCUT2D eigenvalue weighted by atomic mass is 19.1. The van der Waals surface area contributed by atoms with Crippen LogP contribution in [0.15, 0.2) is 35.5 Å². The van der Waals surface area contributed by atoms with Crippen molar-refractivity contribution in [2.24, 2.45) is 28.5 Å². The highest BCUT2D eigenvalue weighted by Gasteiger charge is 2.48. The summed E-state index contributed by atoms with van der Waals surface area (Å²) in [5.41, 5.74) is 6.10. The topological polar surface area (TPSA) is 158 Å². The van der Waals surface area contributed by atoms with Gasteiger partial charge in [0.25, 0.3) is 5.91 Å². The van der Waals surface area contributed by atoms with E-state index in [0.717, 1.165) is 25.7 Å². The minimum Gasteiger partial charge on any atom is -0.405 e. The Hall–Kier alpha value is -3.84. The molecular weight excluding hydrogens is 629 g/mol. The van der Waals surface area contributed by atoms with E-state index >= 15 is 4.39 Å². The number of carbonyl (C=O) groups is 4. The van der Waals surface area contributed by atoms with Crippen LogP contribution in [0.4, 0.5) is 10.1 Å². The molecule has 1 aliphatic heterocycles. The van der Waals surface area contributed by atoms with Crippen molar-refractivity contribution in [2.75, 3.05) is 45.2 Å². The van der Waals surface area contributed by atoms with Crippen molar-refractivity contribution in [2.45, 2.75) is 90.4 Å². The van der Waals surface area contributed by atoms with Crippen LogP contribution in [-0.4, -0.2) is 103 Å². The molecule has 1 aromatic carbocycles. The summed E-state index contributed by atoms with van der Waals surface area (Å²) in [6, 6.07) is 2.70. The number of nitrogens with zero attached hydrogens (tertiary/aromatic N) is 3. The van der Waals surface area contributed by atoms with E-state index in [1.54, 1.807) is 38.7 Å². The molecule has 4 rings (SSSR count). The van der Waals surface area contributed by atoms with Crippen LogP contribution in [0.25, 0.3) is 0 Å². The van der Waals surface area contributed by atoms with Crippen LogP contribution >= 0.6 is 0 Å². The Morgan fingerprint density at radius 1 is 1.04 bits per heavy atom. The zero-order chi connectivity index (χ0) is 35.8. The quantitative estimate of drug-likeness (QED) is 0.195. The van der Waals surface area contributed by atoms with E-state index in [0.29, 0.717) is 50.2 Å². The molecule has 49 heavy (non-hydrogen) atoms. The number of anilines is 1. The molecular formula is C36H54FN7O5. The number of benzene rings is 1. The van der Waals surface area contributed by atoms with E-state index in [9.17, 15) is 19.2 Å². The third-order valence-corrected chi connectivity index (χ3v) is 10.00. The molecule has 13 heteroatoms. The van der Waals surface area contributed by atoms with E-state index in [1.807, 2.05) is 14.0 Å². The average molecular weight is 684 g/mol. The van der Waals surface area contributed by atoms with Crippen molar-refractivity contribution in [3.63, 3.8) is 0 Å². The Balaban J connectivity index is 1.56. The predicted molar refractivity (Wildman–Crippen MR) is 187 cm³/mol. The van der Waals surface area contributed by atoms with Gasteiger partial charge in [-0.05, 0) is 108 Å². The second-order valence-electron chi connectivity index (χ2n) is 13.6. The van der Waals surface area contributed by atoms with Crippen molar-refractivity contribution < 1.29 is 28.3 Å². The van der Waals surface area contributed by atoms with Crippen LogP contribution in [0.1, 0.15) is 71.8 Å². The zero-order valence-electron chi connectivity index (χ0n) is 29.7. The maximum absolute atomic E-state index is 15.8. The number of hydrogen-bond donors (Lipinski definition) is 4. The third-order valence-electron chi connectivity index (χ3n) is 10.00. The van der Waals surface area contributed by atoms with Gasteiger partial charge in [0.15, 0.2) is 0 Å². The zero-order valence-corrected chi connectivity index (χ0v) is 29.7. The van der Waals surface area contributed by atoms with Crippen LogP contribution in [0, 0.1) is 23.6 Å². The Morgan fingerprint density at radius 3 is 2.27 bits per heavy atom. The molecule has 3 aliphatic rings. The second-order valence-corrected chi connectivity index (χ2v) is 13.6. The van der Waals surface area contributed by atoms with Crippen molar-refractivity contribution in [1.82, 2.24) is 20.4 Å². The van der Waals surface area contributed by atoms with E-state index in [2.05, 4.69) is 25.8 Å². The summed E-state index contributed by atoms with van der Waals surface area (Å²) in [6.07, 6.45) is 5.78. The van der Waals surface area contributed by atoms with Crippen LogP contribution in [-0.2, 0) is 23.9 Å². The molecule has 5 atom stereocenters. The van der Waals surface area contributed by atoms with Gasteiger partial charge in [0.1, 0.15) is 29.7 Å². The Morgan fingerprint density at radius 2 is 1.71 bits per heavy atom. The normalized spacial score (nSPS) is 21.3. The number of piperazine rings is 1. The number of amides is 4. The van der Waals surface area contributed by atoms with Gasteiger partial charge in [0.2, 0.25) is 17.7 Å². The summed E-state index contributed by atoms with van der Waals surface area (Å²) in [6.45, 7) is 11.4. The van der Waals surface area contributed by atoms with Crippen LogP contribution in [0.3, 0.4) is 0 Å². The highest BCUT2D eigenvalue weighted by molar-refractivity contribution is 6.43. The van der Waals surface area contributed by atoms with Crippen molar-refractivity contribution in [3.8, 4) is 0 Å². The van der Waals surface area contributed by atoms with Gasteiger partial charge in [-0.1, -0.05) is 13.0 Å². The molecule has 1 saturated heterocycles. The molecule has 0 spiro atoms. The van der Waals surface area contributed by atoms with Crippen LogP contribution in [0.2, 0.25) is 0 Å². The monoisotopic (exact) mass is 683 g/mol. The number of halogens is 1. The molecule has 0 bridgehead atoms. The summed E-state index contributed by atoms with van der Waals surface area (Å²) >= 11 is 0. The van der Waals surface area contributed by atoms with Gasteiger partial charge in [-0.25, -0.2) is 4.39 Å². The number of aliphatic imine (C=N–C) groups is 1. The number of nitrogens with one attached hydrogen (secondary N) is 3. The first kappa shape index (κ1) is 38.0. The Labute approximate surface area is 289 Å². The number of carbonyl (C=O) groups excluding carboxylic acids is 4. The maximum atomic E-state index is 15.8. The maximum Gasteiger partial charge on any atom is 0.270 e. The lowest BCUT2D eigenvalue weighted by Gasteiger charge is -2.40. The van der Waals surface area contributed by atoms with Gasteiger partial charge in [-0.2, -0.15) is 0 Å². The van der Waals surface area contributed by atoms with Crippen LogP contribution in [0.5, 0.6) is 0 Å². The van der Waals surface area contributed by atoms with E-state index in [1.165, 1.54) is 24.4 Å². The van der Waals surface area contributed by atoms with E-state index in [-0.39, 0.29) is 29.3 Å². The minimum atomic E-state index is -0.968. The van der Waals surface area contributed by atoms with Crippen molar-refractivity contribution >= 4 is 35.0 Å². The largest absolute Gasteiger partial charge is 0.405 e. The summed E-state index contributed by atoms with van der Waals surface area (Å²) < 4.78 is 21.3. The van der Waals surface area contributed by atoms with Crippen LogP contribution < -0.4 is 21.7 Å². The standard InChI is InChI=1S/C36H54FN7O5/c1-7-39-29(15-16-38)34(46)42-32(30(24-9-10-24)25-11-12-25)35(47)40-28-14-13-26(19-27(28)37)22(4)31(41-33(45)23(5)49-8-2)36(48)44-18-17-43(6)21(3)20-44/h13-16,19,21-25,30-32H,7-12,17-18,20,38H2,1-6H3,(H,40,47)(H,41,45)(H,42,46)/b16-15-,39-29?/t21-,22+,23?,31?,32+/m1/s1. The number of nitrogens with two attached hydrogens (primary N) is 1. The molecule has 2 saturated carbocycles. The molecule has 12 nitrogen and oxygen atoms in total. The first-order chi connectivity index (χ1) is 23.4. The van der Waals surface area contributed by atoms with E-state index < -0.39 is 47.6 Å². The minimum absolute atomic E-state index is 0.0420. The molecule has 0 aromatic heterocycles. The smallest absolute Gasteiger partial charge is 0.270 e. The number of likely N-dealkylation sites (N-methyl/N-ethyl adjacent to an activating group) is 1. The summed E-state index contributed by atoms with van der Waals surface area (Å²) in [5, 5.41) is 8.49. The summed E-state index contributed by atoms with van der Waals surface area (Å²) in [4.78, 5) is 62.1. The predicted octanol–water partition coefficient (Wildman–Crippen LogP) is 2.79. The number of ether oxygens (including phenoxy) is 1. The molecule has 2 aliphatic carbocycles. The van der Waals surface area contributed by atoms with Crippen molar-refractivity contribution in [3.05, 3.63) is 41.9 Å². The fourth-order valence-electron chi connectivity index (χ4n) is 6.67. The lowest BCUT2D eigenvalue weighted by molar-refractivity contribution is -0.142. The first-order valence-corrected chi connectivity index (χ1v) is 17.6. The fourth-order valence-corrected chi connectivity index (χ4v) is 6.67. The molecule has 1 aromatic rings. The van der Waals surface area contributed by atoms with Gasteiger partial charge in [0.05, 0.1) is 5.69 Å². The van der Waals surface area contributed by atoms with Gasteiger partial charge in [-0.3, -0.25) is 24.2 Å². The van der Waals surface area contributed by atoms with Gasteiger partial charge in [-0.15, -0.1) is 0 Å². The van der Waals surface area contributed by atoms with Crippen molar-refractivity contribution in [1.29, 1.82) is 0 Å². The Bertz CT molecular complexity index is 1400. The Kier molecular flexibility index (Phi) is 13.3. The summed E-state index contributed by atoms with van der Waals surface area (Å²) in [7, 11) is 2.01. The SMILES string of the molecule is CCN=C(/C=C\N)C(=O)N[C@H](C(=O)Nc1ccc([C@H](C)C(NC(=O)C(C)OCC)C(=O)N2CCN(C)[C@H](C)C2)cc1F)C(C1CC1)C1CC1. The first-order valence-electron chi connectivity index (χ1n) is 17.6. The van der Waals surface area contributed by atoms with Gasteiger partial charge in [0, 0.05) is 44.7 Å². The summed E-state index contributed by atoms with van der Waals surface area (Å²) in [5.74, 6) is -2.42. The molecule has 2 unspecified atom stereocenters. The lowest BCUT2D eigenvalue weighted by Crippen LogP contribution is -2.58. The molecule has 5 N–H and O–H groups in total. The highest BCUT2D eigenvalue weighted by Crippen LogP contribution is 2.51. The lowest BCUT2D eigenvalue weighted by atomic mass is 9.88.